The molecule has 0 nitrogen and oxygen atoms in total. The maximum Gasteiger partial charge on any atom is 0.142 e. The maximum atomic E-state index is 14.7. The molecule has 0 saturated carbocycles. The van der Waals surface area contributed by atoms with Gasteiger partial charge >= 0.3 is 0 Å². The summed E-state index contributed by atoms with van der Waals surface area (Å²) in [6.07, 6.45) is 3.24. The van der Waals surface area contributed by atoms with Crippen LogP contribution in [0.2, 0.25) is 0 Å². The Balaban J connectivity index is 1.60. The van der Waals surface area contributed by atoms with Crippen molar-refractivity contribution >= 4 is 10.8 Å². The van der Waals surface area contributed by atoms with Gasteiger partial charge in [0.1, 0.15) is 17.5 Å². The summed E-state index contributed by atoms with van der Waals surface area (Å²) in [4.78, 5) is 0. The molecule has 31 heavy (non-hydrogen) atoms. The minimum atomic E-state index is -0.694. The quantitative estimate of drug-likeness (QED) is 0.301. The van der Waals surface area contributed by atoms with Crippen LogP contribution in [0.3, 0.4) is 0 Å². The molecule has 0 unspecified atom stereocenters. The number of unbranched alkanes of at least 4 members (excludes halogenated alkanes) is 1. The predicted octanol–water partition coefficient (Wildman–Crippen LogP) is 7.67. The van der Waals surface area contributed by atoms with E-state index in [-0.39, 0.29) is 11.4 Å². The van der Waals surface area contributed by atoms with Crippen LogP contribution in [0.15, 0.2) is 72.8 Å². The molecular weight excluding hydrogens is 393 g/mol. The summed E-state index contributed by atoms with van der Waals surface area (Å²) in [6.45, 7) is 2.14. The third kappa shape index (κ3) is 4.81. The summed E-state index contributed by atoms with van der Waals surface area (Å²) in [5.74, 6) is 3.72. The summed E-state index contributed by atoms with van der Waals surface area (Å²) in [5, 5.41) is 1.56. The second-order valence-electron chi connectivity index (χ2n) is 7.57. The molecule has 0 aromatic heterocycles. The molecule has 0 spiro atoms. The summed E-state index contributed by atoms with van der Waals surface area (Å²) < 4.78 is 42.6. The lowest BCUT2D eigenvalue weighted by molar-refractivity contribution is 0.578. The van der Waals surface area contributed by atoms with Crippen molar-refractivity contribution < 1.29 is 13.2 Å². The highest BCUT2D eigenvalue weighted by Crippen LogP contribution is 2.25. The van der Waals surface area contributed by atoms with Crippen LogP contribution in [0.1, 0.15) is 36.5 Å². The Morgan fingerprint density at radius 1 is 0.677 bits per heavy atom. The van der Waals surface area contributed by atoms with Gasteiger partial charge in [-0.15, -0.1) is 0 Å². The zero-order chi connectivity index (χ0) is 21.8. The zero-order valence-corrected chi connectivity index (χ0v) is 17.2. The molecule has 3 heteroatoms. The molecule has 0 N–H and O–H groups in total. The molecule has 0 atom stereocenters. The number of benzene rings is 4. The number of aryl methyl sites for hydroxylation is 1. The van der Waals surface area contributed by atoms with Gasteiger partial charge < -0.3 is 0 Å². The second-order valence-corrected chi connectivity index (χ2v) is 7.57. The average molecular weight is 414 g/mol. The van der Waals surface area contributed by atoms with Gasteiger partial charge in [0.2, 0.25) is 0 Å². The number of hydrogen-bond donors (Lipinski definition) is 0. The molecule has 0 aliphatic heterocycles. The third-order valence-corrected chi connectivity index (χ3v) is 5.28. The predicted molar refractivity (Wildman–Crippen MR) is 120 cm³/mol. The lowest BCUT2D eigenvalue weighted by Gasteiger charge is -2.06. The first-order valence-electron chi connectivity index (χ1n) is 10.3. The average Bonchev–Trinajstić information content (AvgIpc) is 2.77. The molecule has 0 fully saturated rings. The maximum absolute atomic E-state index is 14.7. The van der Waals surface area contributed by atoms with Crippen molar-refractivity contribution in [2.75, 3.05) is 0 Å². The van der Waals surface area contributed by atoms with Gasteiger partial charge in [-0.2, -0.15) is 0 Å². The minimum Gasteiger partial charge on any atom is -0.207 e. The van der Waals surface area contributed by atoms with Crippen molar-refractivity contribution in [1.29, 1.82) is 0 Å². The van der Waals surface area contributed by atoms with Gasteiger partial charge in [0.15, 0.2) is 0 Å². The molecule has 4 aromatic rings. The highest BCUT2D eigenvalue weighted by atomic mass is 19.1. The molecule has 0 radical (unpaired) electrons. The van der Waals surface area contributed by atoms with E-state index in [4.69, 9.17) is 0 Å². The first kappa shape index (κ1) is 20.8. The molecular formula is C28H21F3. The Labute approximate surface area is 180 Å². The molecule has 0 saturated heterocycles. The van der Waals surface area contributed by atoms with E-state index < -0.39 is 11.6 Å². The Bertz CT molecular complexity index is 1270. The van der Waals surface area contributed by atoms with Crippen molar-refractivity contribution in [2.24, 2.45) is 0 Å². The van der Waals surface area contributed by atoms with Gasteiger partial charge in [0, 0.05) is 5.56 Å². The smallest absolute Gasteiger partial charge is 0.142 e. The normalized spacial score (nSPS) is 10.7. The zero-order valence-electron chi connectivity index (χ0n) is 17.2. The Morgan fingerprint density at radius 2 is 1.35 bits per heavy atom. The number of halogens is 3. The van der Waals surface area contributed by atoms with Crippen molar-refractivity contribution in [2.45, 2.75) is 26.2 Å². The van der Waals surface area contributed by atoms with E-state index in [2.05, 4.69) is 18.8 Å². The van der Waals surface area contributed by atoms with Crippen molar-refractivity contribution in [3.63, 3.8) is 0 Å². The van der Waals surface area contributed by atoms with Gasteiger partial charge in [0.25, 0.3) is 0 Å². The molecule has 0 aliphatic carbocycles. The van der Waals surface area contributed by atoms with E-state index in [1.165, 1.54) is 29.8 Å². The molecule has 154 valence electrons. The SMILES string of the molecule is CCCCc1ccc(-c2cc(F)c(C#Cc3ccc4cc(F)ccc4c3)c(F)c2)cc1. The summed E-state index contributed by atoms with van der Waals surface area (Å²) in [6, 6.07) is 20.1. The highest BCUT2D eigenvalue weighted by molar-refractivity contribution is 5.84. The van der Waals surface area contributed by atoms with Crippen molar-refractivity contribution in [3.05, 3.63) is 107 Å². The van der Waals surface area contributed by atoms with Crippen LogP contribution in [0.5, 0.6) is 0 Å². The van der Waals surface area contributed by atoms with Crippen LogP contribution in [-0.2, 0) is 6.42 Å². The molecule has 0 amide bonds. The largest absolute Gasteiger partial charge is 0.207 e. The lowest BCUT2D eigenvalue weighted by Crippen LogP contribution is -1.93. The lowest BCUT2D eigenvalue weighted by atomic mass is 10.00. The standard InChI is InChI=1S/C28H21F3/c1-2-3-4-19-5-9-21(10-6-19)24-17-27(30)26(28(31)18-24)14-8-20-7-11-23-16-25(29)13-12-22(23)15-20/h5-7,9-13,15-18H,2-4H2,1H3. The highest BCUT2D eigenvalue weighted by Gasteiger charge is 2.11. The van der Waals surface area contributed by atoms with E-state index in [0.29, 0.717) is 11.1 Å². The molecule has 0 aliphatic rings. The summed E-state index contributed by atoms with van der Waals surface area (Å²) >= 11 is 0. The Kier molecular flexibility index (Phi) is 6.09. The fourth-order valence-electron chi connectivity index (χ4n) is 3.53. The minimum absolute atomic E-state index is 0.262. The molecule has 0 heterocycles. The topological polar surface area (TPSA) is 0 Å². The first-order valence-corrected chi connectivity index (χ1v) is 10.3. The monoisotopic (exact) mass is 414 g/mol. The van der Waals surface area contributed by atoms with Gasteiger partial charge in [0.05, 0.1) is 5.56 Å². The summed E-state index contributed by atoms with van der Waals surface area (Å²) in [5.41, 5.74) is 2.80. The molecule has 4 aromatic carbocycles. The number of fused-ring (bicyclic) bond motifs is 1. The third-order valence-electron chi connectivity index (χ3n) is 5.28. The van der Waals surface area contributed by atoms with Crippen LogP contribution in [0.4, 0.5) is 13.2 Å². The van der Waals surface area contributed by atoms with Gasteiger partial charge in [-0.05, 0) is 76.7 Å². The van der Waals surface area contributed by atoms with Crippen molar-refractivity contribution in [1.82, 2.24) is 0 Å². The first-order chi connectivity index (χ1) is 15.0. The van der Waals surface area contributed by atoms with Crippen LogP contribution in [-0.4, -0.2) is 0 Å². The Hall–Kier alpha value is -3.51. The van der Waals surface area contributed by atoms with E-state index >= 15 is 0 Å². The molecule has 4 rings (SSSR count). The molecule has 0 bridgehead atoms. The van der Waals surface area contributed by atoms with Crippen LogP contribution in [0.25, 0.3) is 21.9 Å². The van der Waals surface area contributed by atoms with Crippen LogP contribution in [0, 0.1) is 29.3 Å². The number of rotatable bonds is 4. The fourth-order valence-corrected chi connectivity index (χ4v) is 3.53. The Morgan fingerprint density at radius 3 is 2.06 bits per heavy atom. The fraction of sp³-hybridized carbons (Fsp3) is 0.143. The van der Waals surface area contributed by atoms with Crippen LogP contribution < -0.4 is 0 Å². The van der Waals surface area contributed by atoms with Crippen molar-refractivity contribution in [3.8, 4) is 23.0 Å². The van der Waals surface area contributed by atoms with Gasteiger partial charge in [-0.25, -0.2) is 13.2 Å². The van der Waals surface area contributed by atoms with E-state index in [1.807, 2.05) is 24.3 Å². The van der Waals surface area contributed by atoms with Gasteiger partial charge in [-0.3, -0.25) is 0 Å². The van der Waals surface area contributed by atoms with Crippen LogP contribution >= 0.6 is 0 Å². The van der Waals surface area contributed by atoms with E-state index in [1.54, 1.807) is 24.3 Å². The number of hydrogen-bond acceptors (Lipinski definition) is 0. The second kappa shape index (κ2) is 9.10. The van der Waals surface area contributed by atoms with E-state index in [9.17, 15) is 13.2 Å². The van der Waals surface area contributed by atoms with E-state index in [0.717, 1.165) is 35.6 Å². The van der Waals surface area contributed by atoms with Gasteiger partial charge in [-0.1, -0.05) is 61.6 Å². The summed E-state index contributed by atoms with van der Waals surface area (Å²) in [7, 11) is 0.